The third-order valence-corrected chi connectivity index (χ3v) is 5.45. The lowest BCUT2D eigenvalue weighted by molar-refractivity contribution is -0.119. The Morgan fingerprint density at radius 3 is 2.28 bits per heavy atom. The zero-order chi connectivity index (χ0) is 20.6. The van der Waals surface area contributed by atoms with Crippen LogP contribution < -0.4 is 10.6 Å². The number of rotatable bonds is 7. The second kappa shape index (κ2) is 9.88. The van der Waals surface area contributed by atoms with E-state index in [-0.39, 0.29) is 5.91 Å². The van der Waals surface area contributed by atoms with Crippen LogP contribution in [0, 0.1) is 0 Å². The molecule has 2 aromatic carbocycles. The number of nitrogens with one attached hydrogen (secondary N) is 2. The summed E-state index contributed by atoms with van der Waals surface area (Å²) in [6.07, 6.45) is 0.660. The Morgan fingerprint density at radius 2 is 1.62 bits per heavy atom. The first kappa shape index (κ1) is 20.6. The van der Waals surface area contributed by atoms with Crippen LogP contribution in [0.25, 0.3) is 0 Å². The Kier molecular flexibility index (Phi) is 7.02. The lowest BCUT2D eigenvalue weighted by Crippen LogP contribution is -2.42. The minimum absolute atomic E-state index is 0.355. The van der Waals surface area contributed by atoms with Gasteiger partial charge in [-0.05, 0) is 18.1 Å². The lowest BCUT2D eigenvalue weighted by Gasteiger charge is -2.12. The topological polar surface area (TPSA) is 88.9 Å². The van der Waals surface area contributed by atoms with E-state index >= 15 is 0 Å². The molecule has 7 nitrogen and oxygen atoms in total. The molecule has 2 N–H and O–H groups in total. The van der Waals surface area contributed by atoms with E-state index in [2.05, 4.69) is 20.8 Å². The normalized spacial score (nSPS) is 11.7. The Morgan fingerprint density at radius 1 is 1.00 bits per heavy atom. The monoisotopic (exact) mass is 409 g/mol. The van der Waals surface area contributed by atoms with E-state index in [0.29, 0.717) is 18.1 Å². The first-order valence-electron chi connectivity index (χ1n) is 9.24. The highest BCUT2D eigenvalue weighted by Crippen LogP contribution is 2.22. The van der Waals surface area contributed by atoms with E-state index in [1.54, 1.807) is 6.92 Å². The number of urea groups is 1. The molecule has 150 valence electrons. The number of aromatic nitrogens is 3. The number of benzene rings is 2. The summed E-state index contributed by atoms with van der Waals surface area (Å²) in [6.45, 7) is 2.09. The molecule has 3 aromatic rings. The minimum atomic E-state index is -0.519. The highest BCUT2D eigenvalue weighted by molar-refractivity contribution is 8.00. The predicted molar refractivity (Wildman–Crippen MR) is 112 cm³/mol. The van der Waals surface area contributed by atoms with Crippen molar-refractivity contribution in [1.82, 2.24) is 25.4 Å². The largest absolute Gasteiger partial charge is 0.334 e. The molecule has 0 unspecified atom stereocenters. The fourth-order valence-corrected chi connectivity index (χ4v) is 3.46. The third kappa shape index (κ3) is 5.92. The van der Waals surface area contributed by atoms with Gasteiger partial charge in [-0.15, -0.1) is 10.2 Å². The van der Waals surface area contributed by atoms with E-state index in [1.165, 1.54) is 11.8 Å². The Balaban J connectivity index is 1.51. The molecular weight excluding hydrogens is 386 g/mol. The number of imide groups is 1. The van der Waals surface area contributed by atoms with Crippen LogP contribution in [0.5, 0.6) is 0 Å². The van der Waals surface area contributed by atoms with Crippen LogP contribution in [-0.2, 0) is 24.8 Å². The Hall–Kier alpha value is -3.13. The number of hydrogen-bond acceptors (Lipinski definition) is 5. The van der Waals surface area contributed by atoms with Crippen molar-refractivity contribution in [2.45, 2.75) is 30.3 Å². The summed E-state index contributed by atoms with van der Waals surface area (Å²) in [7, 11) is 1.87. The van der Waals surface area contributed by atoms with Gasteiger partial charge in [-0.1, -0.05) is 72.4 Å². The Labute approximate surface area is 173 Å². The molecular formula is C21H23N5O2S. The number of hydrogen-bond donors (Lipinski definition) is 2. The summed E-state index contributed by atoms with van der Waals surface area (Å²) in [4.78, 5) is 24.3. The van der Waals surface area contributed by atoms with Gasteiger partial charge in [0.05, 0.1) is 5.25 Å². The van der Waals surface area contributed by atoms with Gasteiger partial charge in [0.2, 0.25) is 5.91 Å². The lowest BCUT2D eigenvalue weighted by atomic mass is 10.1. The smallest absolute Gasteiger partial charge is 0.321 e. The highest BCUT2D eigenvalue weighted by Gasteiger charge is 2.20. The van der Waals surface area contributed by atoms with Gasteiger partial charge >= 0.3 is 6.03 Å². The number of nitrogens with zero attached hydrogens (tertiary/aromatic N) is 3. The zero-order valence-corrected chi connectivity index (χ0v) is 17.1. The molecule has 1 atom stereocenters. The fourth-order valence-electron chi connectivity index (χ4n) is 2.63. The van der Waals surface area contributed by atoms with Gasteiger partial charge < -0.3 is 9.88 Å². The van der Waals surface area contributed by atoms with Crippen LogP contribution in [0.3, 0.4) is 0 Å². The molecule has 0 aliphatic heterocycles. The van der Waals surface area contributed by atoms with Gasteiger partial charge in [0.15, 0.2) is 5.16 Å². The Bertz CT molecular complexity index is 960. The van der Waals surface area contributed by atoms with Gasteiger partial charge in [-0.25, -0.2) is 4.79 Å². The summed E-state index contributed by atoms with van der Waals surface area (Å²) in [5.74, 6) is 0.431. The van der Waals surface area contributed by atoms with Crippen LogP contribution in [0.1, 0.15) is 23.9 Å². The summed E-state index contributed by atoms with van der Waals surface area (Å²) < 4.78 is 1.87. The van der Waals surface area contributed by atoms with Crippen LogP contribution in [0.15, 0.2) is 65.8 Å². The van der Waals surface area contributed by atoms with Crippen molar-refractivity contribution in [3.63, 3.8) is 0 Å². The summed E-state index contributed by atoms with van der Waals surface area (Å²) in [5.41, 5.74) is 2.10. The summed E-state index contributed by atoms with van der Waals surface area (Å²) in [5, 5.41) is 13.6. The van der Waals surface area contributed by atoms with E-state index in [1.807, 2.05) is 72.3 Å². The second-order valence-electron chi connectivity index (χ2n) is 6.54. The van der Waals surface area contributed by atoms with Gasteiger partial charge in [0, 0.05) is 20.0 Å². The van der Waals surface area contributed by atoms with Crippen LogP contribution >= 0.6 is 11.8 Å². The van der Waals surface area contributed by atoms with Crippen molar-refractivity contribution in [2.75, 3.05) is 0 Å². The molecule has 0 aliphatic rings. The number of carbonyl (C=O) groups is 2. The first-order chi connectivity index (χ1) is 14.0. The van der Waals surface area contributed by atoms with E-state index in [0.717, 1.165) is 17.0 Å². The van der Waals surface area contributed by atoms with Gasteiger partial charge in [0.25, 0.3) is 0 Å². The molecule has 0 bridgehead atoms. The van der Waals surface area contributed by atoms with Crippen molar-refractivity contribution in [3.05, 3.63) is 77.6 Å². The van der Waals surface area contributed by atoms with E-state index in [4.69, 9.17) is 0 Å². The average molecular weight is 410 g/mol. The van der Waals surface area contributed by atoms with Crippen molar-refractivity contribution >= 4 is 23.7 Å². The molecule has 0 spiro atoms. The molecule has 29 heavy (non-hydrogen) atoms. The maximum atomic E-state index is 12.3. The molecule has 0 saturated heterocycles. The average Bonchev–Trinajstić information content (AvgIpc) is 3.07. The van der Waals surface area contributed by atoms with Crippen molar-refractivity contribution < 1.29 is 9.59 Å². The molecule has 0 radical (unpaired) electrons. The maximum Gasteiger partial charge on any atom is 0.321 e. The number of amides is 3. The number of carbonyl (C=O) groups excluding carboxylic acids is 2. The van der Waals surface area contributed by atoms with Crippen molar-refractivity contribution in [1.29, 1.82) is 0 Å². The molecule has 1 heterocycles. The minimum Gasteiger partial charge on any atom is -0.334 e. The molecule has 3 amide bonds. The van der Waals surface area contributed by atoms with Gasteiger partial charge in [-0.3, -0.25) is 10.1 Å². The predicted octanol–water partition coefficient (Wildman–Crippen LogP) is 2.91. The molecule has 0 fully saturated rings. The van der Waals surface area contributed by atoms with Crippen LogP contribution in [-0.4, -0.2) is 32.0 Å². The first-order valence-corrected chi connectivity index (χ1v) is 10.1. The third-order valence-electron chi connectivity index (χ3n) is 4.31. The standard InChI is InChI=1S/C21H23N5O2S/c1-15(19(27)23-20(28)22-14-17-11-7-4-8-12-17)29-21-25-24-18(26(21)2)13-16-9-5-3-6-10-16/h3-12,15H,13-14H2,1-2H3,(H2,22,23,27,28)/t15-/m0/s1. The molecule has 8 heteroatoms. The van der Waals surface area contributed by atoms with E-state index < -0.39 is 11.3 Å². The zero-order valence-electron chi connectivity index (χ0n) is 16.3. The molecule has 1 aromatic heterocycles. The highest BCUT2D eigenvalue weighted by atomic mass is 32.2. The van der Waals surface area contributed by atoms with Crippen LogP contribution in [0.2, 0.25) is 0 Å². The fraction of sp³-hybridized carbons (Fsp3) is 0.238. The quantitative estimate of drug-likeness (QED) is 0.586. The summed E-state index contributed by atoms with van der Waals surface area (Å²) >= 11 is 1.26. The molecule has 0 saturated carbocycles. The van der Waals surface area contributed by atoms with Gasteiger partial charge in [-0.2, -0.15) is 0 Å². The van der Waals surface area contributed by atoms with Crippen molar-refractivity contribution in [3.8, 4) is 0 Å². The summed E-state index contributed by atoms with van der Waals surface area (Å²) in [6, 6.07) is 19.0. The van der Waals surface area contributed by atoms with Crippen LogP contribution in [0.4, 0.5) is 4.79 Å². The SMILES string of the molecule is C[C@H](Sc1nnc(Cc2ccccc2)n1C)C(=O)NC(=O)NCc1ccccc1. The molecule has 0 aliphatic carbocycles. The molecule has 3 rings (SSSR count). The number of thioether (sulfide) groups is 1. The van der Waals surface area contributed by atoms with Gasteiger partial charge in [0.1, 0.15) is 5.82 Å². The second-order valence-corrected chi connectivity index (χ2v) is 7.85. The maximum absolute atomic E-state index is 12.3. The van der Waals surface area contributed by atoms with E-state index in [9.17, 15) is 9.59 Å². The van der Waals surface area contributed by atoms with Crippen molar-refractivity contribution in [2.24, 2.45) is 7.05 Å².